The van der Waals surface area contributed by atoms with Crippen molar-refractivity contribution in [2.24, 2.45) is 0 Å². The van der Waals surface area contributed by atoms with Gasteiger partial charge in [-0.15, -0.1) is 11.8 Å². The average molecular weight is 284 g/mol. The number of aliphatic hydroxyl groups excluding tert-OH is 1. The summed E-state index contributed by atoms with van der Waals surface area (Å²) < 4.78 is 0. The average Bonchev–Trinajstić information content (AvgIpc) is 2.49. The summed E-state index contributed by atoms with van der Waals surface area (Å²) in [7, 11) is 0. The molecule has 0 fully saturated rings. The number of hydrogen-bond acceptors (Lipinski definition) is 2. The first kappa shape index (κ1) is 14.9. The predicted molar refractivity (Wildman–Crippen MR) is 86.9 cm³/mol. The van der Waals surface area contributed by atoms with Gasteiger partial charge in [-0.2, -0.15) is 0 Å². The lowest BCUT2D eigenvalue weighted by molar-refractivity contribution is 0.181. The second-order valence-electron chi connectivity index (χ2n) is 4.73. The van der Waals surface area contributed by atoms with Crippen LogP contribution < -0.4 is 0 Å². The molecule has 2 heteroatoms. The van der Waals surface area contributed by atoms with Gasteiger partial charge in [0, 0.05) is 10.1 Å². The van der Waals surface area contributed by atoms with E-state index in [-0.39, 0.29) is 0 Å². The van der Waals surface area contributed by atoms with Crippen molar-refractivity contribution in [3.63, 3.8) is 0 Å². The third kappa shape index (κ3) is 4.87. The standard InChI is InChI=1S/C18H20OS/c1-15(20-17-12-6-3-7-13-17)9-8-14-18(19)16-10-4-2-5-11-16/h2-13,15,18-19H,14H2,1H3/b9-8-/t15-,18+/m1/s1. The molecule has 2 atom stereocenters. The first-order valence-corrected chi connectivity index (χ1v) is 7.75. The lowest BCUT2D eigenvalue weighted by Crippen LogP contribution is -1.96. The second-order valence-corrected chi connectivity index (χ2v) is 6.18. The van der Waals surface area contributed by atoms with E-state index in [1.54, 1.807) is 0 Å². The Morgan fingerprint density at radius 1 is 1.00 bits per heavy atom. The van der Waals surface area contributed by atoms with Gasteiger partial charge in [0.2, 0.25) is 0 Å². The zero-order valence-corrected chi connectivity index (χ0v) is 12.5. The van der Waals surface area contributed by atoms with Crippen LogP contribution in [0.5, 0.6) is 0 Å². The van der Waals surface area contributed by atoms with E-state index in [9.17, 15) is 5.11 Å². The topological polar surface area (TPSA) is 20.2 Å². The van der Waals surface area contributed by atoms with E-state index in [0.717, 1.165) is 5.56 Å². The molecule has 0 aromatic heterocycles. The van der Waals surface area contributed by atoms with Crippen LogP contribution in [0.3, 0.4) is 0 Å². The molecule has 2 aromatic carbocycles. The van der Waals surface area contributed by atoms with Gasteiger partial charge >= 0.3 is 0 Å². The quantitative estimate of drug-likeness (QED) is 0.604. The van der Waals surface area contributed by atoms with Crippen molar-refractivity contribution in [2.45, 2.75) is 29.6 Å². The monoisotopic (exact) mass is 284 g/mol. The van der Waals surface area contributed by atoms with Crippen LogP contribution in [0.4, 0.5) is 0 Å². The molecular formula is C18H20OS. The van der Waals surface area contributed by atoms with Gasteiger partial charge < -0.3 is 5.11 Å². The Kier molecular flexibility index (Phi) is 5.90. The Hall–Kier alpha value is -1.51. The maximum absolute atomic E-state index is 10.1. The van der Waals surface area contributed by atoms with Gasteiger partial charge in [-0.3, -0.25) is 0 Å². The minimum atomic E-state index is -0.415. The normalized spacial score (nSPS) is 14.3. The number of rotatable bonds is 6. The van der Waals surface area contributed by atoms with Crippen molar-refractivity contribution in [1.82, 2.24) is 0 Å². The van der Waals surface area contributed by atoms with Crippen LogP contribution in [-0.2, 0) is 0 Å². The smallest absolute Gasteiger partial charge is 0.0824 e. The molecule has 0 spiro atoms. The number of hydrogen-bond donors (Lipinski definition) is 1. The number of thioether (sulfide) groups is 1. The number of benzene rings is 2. The van der Waals surface area contributed by atoms with E-state index in [2.05, 4.69) is 43.3 Å². The first-order valence-electron chi connectivity index (χ1n) is 6.87. The largest absolute Gasteiger partial charge is 0.388 e. The summed E-state index contributed by atoms with van der Waals surface area (Å²) in [6.45, 7) is 2.17. The lowest BCUT2D eigenvalue weighted by Gasteiger charge is -2.09. The summed E-state index contributed by atoms with van der Waals surface area (Å²) in [6, 6.07) is 20.2. The van der Waals surface area contributed by atoms with E-state index >= 15 is 0 Å². The Labute approximate surface area is 125 Å². The Morgan fingerprint density at radius 3 is 2.25 bits per heavy atom. The van der Waals surface area contributed by atoms with Gasteiger partial charge in [-0.1, -0.05) is 60.7 Å². The molecule has 0 aliphatic heterocycles. The molecule has 0 aliphatic rings. The summed E-state index contributed by atoms with van der Waals surface area (Å²) >= 11 is 1.82. The Morgan fingerprint density at radius 2 is 1.60 bits per heavy atom. The fourth-order valence-electron chi connectivity index (χ4n) is 1.96. The molecule has 0 saturated heterocycles. The summed E-state index contributed by atoms with van der Waals surface area (Å²) in [6.07, 6.45) is 4.47. The molecule has 2 aromatic rings. The highest BCUT2D eigenvalue weighted by molar-refractivity contribution is 8.00. The summed E-state index contributed by atoms with van der Waals surface area (Å²) in [5.74, 6) is 0. The molecule has 0 aliphatic carbocycles. The fraction of sp³-hybridized carbons (Fsp3) is 0.222. The predicted octanol–water partition coefficient (Wildman–Crippen LogP) is 4.85. The van der Waals surface area contributed by atoms with Crippen molar-refractivity contribution < 1.29 is 5.11 Å². The van der Waals surface area contributed by atoms with Crippen molar-refractivity contribution in [1.29, 1.82) is 0 Å². The van der Waals surface area contributed by atoms with Crippen LogP contribution in [-0.4, -0.2) is 10.4 Å². The highest BCUT2D eigenvalue weighted by Crippen LogP contribution is 2.24. The van der Waals surface area contributed by atoms with Gasteiger partial charge in [0.15, 0.2) is 0 Å². The minimum absolute atomic E-state index is 0.403. The molecule has 0 bridgehead atoms. The van der Waals surface area contributed by atoms with Gasteiger partial charge in [0.25, 0.3) is 0 Å². The molecule has 1 nitrogen and oxygen atoms in total. The Bertz CT molecular complexity index is 522. The van der Waals surface area contributed by atoms with E-state index in [4.69, 9.17) is 0 Å². The van der Waals surface area contributed by atoms with Gasteiger partial charge in [0.05, 0.1) is 6.10 Å². The van der Waals surface area contributed by atoms with Crippen molar-refractivity contribution in [3.05, 3.63) is 78.4 Å². The molecule has 104 valence electrons. The molecule has 0 heterocycles. The number of aliphatic hydroxyl groups is 1. The van der Waals surface area contributed by atoms with Crippen LogP contribution in [0.2, 0.25) is 0 Å². The Balaban J connectivity index is 1.81. The third-order valence-corrected chi connectivity index (χ3v) is 4.09. The highest BCUT2D eigenvalue weighted by Gasteiger charge is 2.04. The van der Waals surface area contributed by atoms with Crippen LogP contribution in [0, 0.1) is 0 Å². The zero-order chi connectivity index (χ0) is 14.2. The maximum atomic E-state index is 10.1. The third-order valence-electron chi connectivity index (χ3n) is 3.02. The van der Waals surface area contributed by atoms with Crippen molar-refractivity contribution in [3.8, 4) is 0 Å². The van der Waals surface area contributed by atoms with Gasteiger partial charge in [-0.25, -0.2) is 0 Å². The molecule has 1 N–H and O–H groups in total. The molecule has 0 radical (unpaired) electrons. The van der Waals surface area contributed by atoms with Crippen molar-refractivity contribution in [2.75, 3.05) is 0 Å². The summed E-state index contributed by atoms with van der Waals surface area (Å²) in [4.78, 5) is 1.27. The molecule has 0 amide bonds. The van der Waals surface area contributed by atoms with E-state index in [0.29, 0.717) is 11.7 Å². The second kappa shape index (κ2) is 7.93. The summed E-state index contributed by atoms with van der Waals surface area (Å²) in [5, 5.41) is 10.5. The van der Waals surface area contributed by atoms with Crippen molar-refractivity contribution >= 4 is 11.8 Å². The molecule has 20 heavy (non-hydrogen) atoms. The molecular weight excluding hydrogens is 264 g/mol. The first-order chi connectivity index (χ1) is 9.75. The molecule has 0 unspecified atom stereocenters. The summed E-state index contributed by atoms with van der Waals surface area (Å²) in [5.41, 5.74) is 0.973. The maximum Gasteiger partial charge on any atom is 0.0824 e. The van der Waals surface area contributed by atoms with Crippen LogP contribution in [0.25, 0.3) is 0 Å². The van der Waals surface area contributed by atoms with Gasteiger partial charge in [-0.05, 0) is 31.0 Å². The highest BCUT2D eigenvalue weighted by atomic mass is 32.2. The van der Waals surface area contributed by atoms with Gasteiger partial charge in [0.1, 0.15) is 0 Å². The van der Waals surface area contributed by atoms with E-state index < -0.39 is 6.10 Å². The zero-order valence-electron chi connectivity index (χ0n) is 11.6. The minimum Gasteiger partial charge on any atom is -0.388 e. The molecule has 0 saturated carbocycles. The lowest BCUT2D eigenvalue weighted by atomic mass is 10.1. The fourth-order valence-corrected chi connectivity index (χ4v) is 2.90. The van der Waals surface area contributed by atoms with E-state index in [1.807, 2.05) is 48.2 Å². The van der Waals surface area contributed by atoms with E-state index in [1.165, 1.54) is 4.90 Å². The SMILES string of the molecule is C[C@H](/C=C\C[C@H](O)c1ccccc1)Sc1ccccc1. The van der Waals surface area contributed by atoms with Crippen LogP contribution >= 0.6 is 11.8 Å². The van der Waals surface area contributed by atoms with Crippen LogP contribution in [0.15, 0.2) is 77.7 Å². The van der Waals surface area contributed by atoms with Crippen LogP contribution in [0.1, 0.15) is 25.0 Å². The molecule has 2 rings (SSSR count).